The van der Waals surface area contributed by atoms with E-state index in [0.29, 0.717) is 29.5 Å². The van der Waals surface area contributed by atoms with Gasteiger partial charge in [-0.05, 0) is 31.2 Å². The van der Waals surface area contributed by atoms with Gasteiger partial charge in [-0.1, -0.05) is 18.2 Å². The van der Waals surface area contributed by atoms with Gasteiger partial charge in [-0.2, -0.15) is 0 Å². The van der Waals surface area contributed by atoms with Crippen LogP contribution in [0.5, 0.6) is 11.5 Å². The highest BCUT2D eigenvalue weighted by Crippen LogP contribution is 2.24. The molecule has 2 rings (SSSR count). The molecule has 6 heteroatoms. The zero-order chi connectivity index (χ0) is 18.2. The largest absolute Gasteiger partial charge is 0.497 e. The average Bonchev–Trinajstić information content (AvgIpc) is 2.61. The molecule has 0 heterocycles. The summed E-state index contributed by atoms with van der Waals surface area (Å²) < 4.78 is 10.7. The predicted molar refractivity (Wildman–Crippen MR) is 97.3 cm³/mol. The molecule has 25 heavy (non-hydrogen) atoms. The lowest BCUT2D eigenvalue weighted by Gasteiger charge is -2.21. The fourth-order valence-corrected chi connectivity index (χ4v) is 2.35. The van der Waals surface area contributed by atoms with Crippen molar-refractivity contribution in [3.05, 3.63) is 48.5 Å². The number of amides is 2. The van der Waals surface area contributed by atoms with Crippen LogP contribution in [0.25, 0.3) is 0 Å². The summed E-state index contributed by atoms with van der Waals surface area (Å²) >= 11 is 0. The Bertz CT molecular complexity index is 746. The van der Waals surface area contributed by atoms with Gasteiger partial charge in [-0.3, -0.25) is 9.59 Å². The van der Waals surface area contributed by atoms with Gasteiger partial charge in [0.25, 0.3) is 0 Å². The van der Waals surface area contributed by atoms with E-state index in [-0.39, 0.29) is 18.4 Å². The van der Waals surface area contributed by atoms with E-state index in [1.807, 2.05) is 19.1 Å². The minimum atomic E-state index is -0.315. The second-order valence-corrected chi connectivity index (χ2v) is 5.28. The maximum absolute atomic E-state index is 12.4. The van der Waals surface area contributed by atoms with Crippen molar-refractivity contribution in [2.45, 2.75) is 13.8 Å². The van der Waals surface area contributed by atoms with Gasteiger partial charge in [0.1, 0.15) is 18.0 Å². The van der Waals surface area contributed by atoms with Gasteiger partial charge in [0.2, 0.25) is 11.8 Å². The first-order valence-corrected chi connectivity index (χ1v) is 7.99. The molecule has 0 unspecified atom stereocenters. The zero-order valence-corrected chi connectivity index (χ0v) is 14.6. The van der Waals surface area contributed by atoms with E-state index in [2.05, 4.69) is 5.32 Å². The molecule has 0 radical (unpaired) electrons. The molecule has 2 aromatic carbocycles. The molecule has 0 bridgehead atoms. The number of hydrogen-bond donors (Lipinski definition) is 1. The number of nitrogens with zero attached hydrogens (tertiary/aromatic N) is 1. The summed E-state index contributed by atoms with van der Waals surface area (Å²) in [4.78, 5) is 25.8. The lowest BCUT2D eigenvalue weighted by atomic mass is 10.2. The lowest BCUT2D eigenvalue weighted by molar-refractivity contribution is -0.120. The third-order valence-electron chi connectivity index (χ3n) is 3.51. The van der Waals surface area contributed by atoms with Crippen LogP contribution in [0, 0.1) is 0 Å². The molecular formula is C19H22N2O4. The number of anilines is 2. The molecule has 0 aliphatic heterocycles. The Hall–Kier alpha value is -3.02. The van der Waals surface area contributed by atoms with Crippen molar-refractivity contribution in [1.29, 1.82) is 0 Å². The van der Waals surface area contributed by atoms with Gasteiger partial charge in [0.05, 0.1) is 19.4 Å². The fourth-order valence-electron chi connectivity index (χ4n) is 2.35. The molecule has 6 nitrogen and oxygen atoms in total. The Morgan fingerprint density at radius 2 is 1.88 bits per heavy atom. The maximum Gasteiger partial charge on any atom is 0.244 e. The van der Waals surface area contributed by atoms with Gasteiger partial charge in [0, 0.05) is 18.7 Å². The van der Waals surface area contributed by atoms with Gasteiger partial charge < -0.3 is 19.7 Å². The van der Waals surface area contributed by atoms with Crippen molar-refractivity contribution in [3.63, 3.8) is 0 Å². The summed E-state index contributed by atoms with van der Waals surface area (Å²) in [6.07, 6.45) is 0. The minimum absolute atomic E-state index is 0.108. The zero-order valence-electron chi connectivity index (χ0n) is 14.6. The van der Waals surface area contributed by atoms with E-state index in [9.17, 15) is 9.59 Å². The van der Waals surface area contributed by atoms with Crippen LogP contribution in [-0.4, -0.2) is 32.1 Å². The molecule has 0 spiro atoms. The van der Waals surface area contributed by atoms with Crippen LogP contribution >= 0.6 is 0 Å². The number of carbonyl (C=O) groups is 2. The molecule has 0 aromatic heterocycles. The number of benzene rings is 2. The van der Waals surface area contributed by atoms with Crippen LogP contribution < -0.4 is 19.7 Å². The summed E-state index contributed by atoms with van der Waals surface area (Å²) in [5, 5.41) is 2.79. The molecule has 0 aliphatic rings. The maximum atomic E-state index is 12.4. The number of para-hydroxylation sites is 2. The summed E-state index contributed by atoms with van der Waals surface area (Å²) in [7, 11) is 1.55. The van der Waals surface area contributed by atoms with Crippen molar-refractivity contribution >= 4 is 23.2 Å². The molecule has 2 amide bonds. The highest BCUT2D eigenvalue weighted by Gasteiger charge is 2.17. The Morgan fingerprint density at radius 3 is 2.56 bits per heavy atom. The Morgan fingerprint density at radius 1 is 1.12 bits per heavy atom. The summed E-state index contributed by atoms with van der Waals surface area (Å²) in [5.74, 6) is 0.659. The number of hydrogen-bond acceptors (Lipinski definition) is 4. The summed E-state index contributed by atoms with van der Waals surface area (Å²) in [6.45, 7) is 3.68. The third kappa shape index (κ3) is 4.97. The fraction of sp³-hybridized carbons (Fsp3) is 0.263. The molecule has 0 saturated carbocycles. The monoisotopic (exact) mass is 342 g/mol. The Balaban J connectivity index is 2.14. The van der Waals surface area contributed by atoms with Gasteiger partial charge >= 0.3 is 0 Å². The SMILES string of the molecule is CCOc1ccccc1NC(=O)CN(C(C)=O)c1cccc(OC)c1. The van der Waals surface area contributed by atoms with E-state index >= 15 is 0 Å². The highest BCUT2D eigenvalue weighted by atomic mass is 16.5. The number of nitrogens with one attached hydrogen (secondary N) is 1. The standard InChI is InChI=1S/C19H22N2O4/c1-4-25-18-11-6-5-10-17(18)20-19(23)13-21(14(2)22)15-8-7-9-16(12-15)24-3/h5-12H,4,13H2,1-3H3,(H,20,23). The first kappa shape index (κ1) is 18.3. The van der Waals surface area contributed by atoms with Crippen LogP contribution in [-0.2, 0) is 9.59 Å². The number of ether oxygens (including phenoxy) is 2. The van der Waals surface area contributed by atoms with E-state index in [0.717, 1.165) is 0 Å². The summed E-state index contributed by atoms with van der Waals surface area (Å²) in [5.41, 5.74) is 1.17. The second-order valence-electron chi connectivity index (χ2n) is 5.28. The average molecular weight is 342 g/mol. The quantitative estimate of drug-likeness (QED) is 0.840. The van der Waals surface area contributed by atoms with Gasteiger partial charge in [-0.15, -0.1) is 0 Å². The number of carbonyl (C=O) groups excluding carboxylic acids is 2. The van der Waals surface area contributed by atoms with Crippen molar-refractivity contribution in [3.8, 4) is 11.5 Å². The van der Waals surface area contributed by atoms with E-state index in [1.165, 1.54) is 11.8 Å². The highest BCUT2D eigenvalue weighted by molar-refractivity contribution is 6.02. The predicted octanol–water partition coefficient (Wildman–Crippen LogP) is 3.09. The first-order chi connectivity index (χ1) is 12.0. The van der Waals surface area contributed by atoms with Crippen molar-refractivity contribution < 1.29 is 19.1 Å². The Kier molecular flexibility index (Phi) is 6.39. The van der Waals surface area contributed by atoms with E-state index in [1.54, 1.807) is 43.5 Å². The van der Waals surface area contributed by atoms with Crippen LogP contribution in [0.2, 0.25) is 0 Å². The molecular weight excluding hydrogens is 320 g/mol. The van der Waals surface area contributed by atoms with Gasteiger partial charge in [0.15, 0.2) is 0 Å². The van der Waals surface area contributed by atoms with Crippen LogP contribution in [0.4, 0.5) is 11.4 Å². The number of rotatable bonds is 7. The van der Waals surface area contributed by atoms with E-state index < -0.39 is 0 Å². The Labute approximate surface area is 147 Å². The molecule has 1 N–H and O–H groups in total. The normalized spacial score (nSPS) is 10.0. The van der Waals surface area contributed by atoms with Crippen LogP contribution in [0.3, 0.4) is 0 Å². The molecule has 2 aromatic rings. The smallest absolute Gasteiger partial charge is 0.244 e. The molecule has 0 fully saturated rings. The third-order valence-corrected chi connectivity index (χ3v) is 3.51. The van der Waals surface area contributed by atoms with Crippen LogP contribution in [0.15, 0.2) is 48.5 Å². The van der Waals surface area contributed by atoms with E-state index in [4.69, 9.17) is 9.47 Å². The van der Waals surface area contributed by atoms with Crippen molar-refractivity contribution in [1.82, 2.24) is 0 Å². The van der Waals surface area contributed by atoms with Crippen molar-refractivity contribution in [2.24, 2.45) is 0 Å². The molecule has 0 atom stereocenters. The van der Waals surface area contributed by atoms with Crippen LogP contribution in [0.1, 0.15) is 13.8 Å². The topological polar surface area (TPSA) is 67.9 Å². The van der Waals surface area contributed by atoms with Gasteiger partial charge in [-0.25, -0.2) is 0 Å². The number of methoxy groups -OCH3 is 1. The summed E-state index contributed by atoms with van der Waals surface area (Å²) in [6, 6.07) is 14.2. The first-order valence-electron chi connectivity index (χ1n) is 7.99. The molecule has 132 valence electrons. The van der Waals surface area contributed by atoms with Crippen molar-refractivity contribution in [2.75, 3.05) is 30.5 Å². The molecule has 0 aliphatic carbocycles. The second kappa shape index (κ2) is 8.73. The molecule has 0 saturated heterocycles. The minimum Gasteiger partial charge on any atom is -0.497 e. The lowest BCUT2D eigenvalue weighted by Crippen LogP contribution is -2.36.